The van der Waals surface area contributed by atoms with Gasteiger partial charge < -0.3 is 15.8 Å². The molecule has 1 atom stereocenters. The van der Waals surface area contributed by atoms with Gasteiger partial charge in [-0.1, -0.05) is 19.3 Å². The van der Waals surface area contributed by atoms with Crippen molar-refractivity contribution in [1.29, 1.82) is 0 Å². The maximum atomic E-state index is 11.9. The Morgan fingerprint density at radius 2 is 1.91 bits per heavy atom. The number of anilines is 1. The number of carbonyl (C=O) groups excluding carboxylic acids is 1. The molecule has 1 aliphatic rings. The van der Waals surface area contributed by atoms with Crippen molar-refractivity contribution in [3.63, 3.8) is 0 Å². The van der Waals surface area contributed by atoms with Gasteiger partial charge in [-0.05, 0) is 56.5 Å². The van der Waals surface area contributed by atoms with E-state index < -0.39 is 0 Å². The van der Waals surface area contributed by atoms with Crippen molar-refractivity contribution in [2.75, 3.05) is 18.8 Å². The summed E-state index contributed by atoms with van der Waals surface area (Å²) in [7, 11) is 0. The van der Waals surface area contributed by atoms with E-state index in [1.807, 2.05) is 6.92 Å². The van der Waals surface area contributed by atoms with Gasteiger partial charge in [0.15, 0.2) is 0 Å². The maximum absolute atomic E-state index is 11.9. The van der Waals surface area contributed by atoms with Gasteiger partial charge in [0, 0.05) is 12.2 Å². The Morgan fingerprint density at radius 3 is 2.55 bits per heavy atom. The molecule has 0 amide bonds. The smallest absolute Gasteiger partial charge is 0.338 e. The summed E-state index contributed by atoms with van der Waals surface area (Å²) < 4.78 is 5.42. The Bertz CT molecular complexity index is 444. The topological polar surface area (TPSA) is 64.3 Å². The first kappa shape index (κ1) is 18.8. The van der Waals surface area contributed by atoms with Crippen molar-refractivity contribution < 1.29 is 9.53 Å². The van der Waals surface area contributed by atoms with Gasteiger partial charge in [-0.2, -0.15) is 0 Å². The Kier molecular flexibility index (Phi) is 8.28. The molecule has 1 aromatic carbocycles. The van der Waals surface area contributed by atoms with E-state index in [-0.39, 0.29) is 24.5 Å². The Hall–Kier alpha value is -1.26. The molecule has 5 heteroatoms. The highest BCUT2D eigenvalue weighted by molar-refractivity contribution is 5.89. The molecule has 2 rings (SSSR count). The van der Waals surface area contributed by atoms with Crippen molar-refractivity contribution in [3.8, 4) is 0 Å². The van der Waals surface area contributed by atoms with Crippen LogP contribution in [-0.2, 0) is 4.74 Å². The first-order chi connectivity index (χ1) is 10.1. The predicted molar refractivity (Wildman–Crippen MR) is 92.4 cm³/mol. The molecule has 0 saturated heterocycles. The molecule has 22 heavy (non-hydrogen) atoms. The van der Waals surface area contributed by atoms with E-state index in [0.717, 1.165) is 12.5 Å². The highest BCUT2D eigenvalue weighted by Gasteiger charge is 2.15. The Morgan fingerprint density at radius 1 is 1.27 bits per heavy atom. The quantitative estimate of drug-likeness (QED) is 0.621. The van der Waals surface area contributed by atoms with Gasteiger partial charge in [-0.25, -0.2) is 4.79 Å². The van der Waals surface area contributed by atoms with Crippen LogP contribution < -0.4 is 11.1 Å². The number of hydrogen-bond donors (Lipinski definition) is 2. The summed E-state index contributed by atoms with van der Waals surface area (Å²) >= 11 is 0. The minimum Gasteiger partial charge on any atom is -0.458 e. The number of halogens is 1. The van der Waals surface area contributed by atoms with Crippen LogP contribution in [0.4, 0.5) is 5.69 Å². The van der Waals surface area contributed by atoms with E-state index in [4.69, 9.17) is 10.5 Å². The molecule has 0 spiro atoms. The summed E-state index contributed by atoms with van der Waals surface area (Å²) in [6.45, 7) is 3.66. The molecule has 4 nitrogen and oxygen atoms in total. The van der Waals surface area contributed by atoms with E-state index in [1.165, 1.54) is 32.1 Å². The fraction of sp³-hybridized carbons (Fsp3) is 0.588. The second-order valence-corrected chi connectivity index (χ2v) is 6.00. The summed E-state index contributed by atoms with van der Waals surface area (Å²) in [5.74, 6) is 0.501. The number of carbonyl (C=O) groups is 1. The summed E-state index contributed by atoms with van der Waals surface area (Å²) in [6, 6.07) is 6.81. The third kappa shape index (κ3) is 6.24. The summed E-state index contributed by atoms with van der Waals surface area (Å²) in [4.78, 5) is 11.9. The zero-order valence-corrected chi connectivity index (χ0v) is 14.0. The van der Waals surface area contributed by atoms with Crippen molar-refractivity contribution >= 4 is 24.1 Å². The number of nitrogens with two attached hydrogens (primary N) is 1. The van der Waals surface area contributed by atoms with Gasteiger partial charge in [0.05, 0.1) is 5.56 Å². The van der Waals surface area contributed by atoms with E-state index in [1.54, 1.807) is 24.3 Å². The summed E-state index contributed by atoms with van der Waals surface area (Å²) in [5.41, 5.74) is 6.79. The zero-order chi connectivity index (χ0) is 15.1. The summed E-state index contributed by atoms with van der Waals surface area (Å²) in [5, 5.41) is 3.42. The first-order valence-electron chi connectivity index (χ1n) is 7.92. The number of rotatable bonds is 6. The van der Waals surface area contributed by atoms with Gasteiger partial charge >= 0.3 is 5.97 Å². The lowest BCUT2D eigenvalue weighted by Crippen LogP contribution is -2.32. The number of ether oxygens (including phenoxy) is 1. The lowest BCUT2D eigenvalue weighted by Gasteiger charge is -2.22. The SMILES string of the molecule is CC(CNCC1CCCCC1)OC(=O)c1ccc(N)cc1.Cl. The van der Waals surface area contributed by atoms with Gasteiger partial charge in [0.2, 0.25) is 0 Å². The minimum atomic E-state index is -0.290. The fourth-order valence-electron chi connectivity index (χ4n) is 2.79. The van der Waals surface area contributed by atoms with Crippen molar-refractivity contribution in [2.24, 2.45) is 5.92 Å². The van der Waals surface area contributed by atoms with E-state index in [9.17, 15) is 4.79 Å². The molecule has 1 aromatic rings. The maximum Gasteiger partial charge on any atom is 0.338 e. The van der Waals surface area contributed by atoms with Crippen LogP contribution in [0.2, 0.25) is 0 Å². The van der Waals surface area contributed by atoms with Gasteiger partial charge in [-0.15, -0.1) is 12.4 Å². The van der Waals surface area contributed by atoms with E-state index >= 15 is 0 Å². The number of esters is 1. The zero-order valence-electron chi connectivity index (χ0n) is 13.2. The normalized spacial score (nSPS) is 16.6. The van der Waals surface area contributed by atoms with Crippen LogP contribution in [0.3, 0.4) is 0 Å². The third-order valence-corrected chi connectivity index (χ3v) is 4.04. The molecular formula is C17H27ClN2O2. The molecule has 0 aliphatic heterocycles. The second-order valence-electron chi connectivity index (χ2n) is 6.00. The number of benzene rings is 1. The lowest BCUT2D eigenvalue weighted by molar-refractivity contribution is 0.0340. The molecule has 0 aromatic heterocycles. The fourth-order valence-corrected chi connectivity index (χ4v) is 2.79. The van der Waals surface area contributed by atoms with Crippen molar-refractivity contribution in [3.05, 3.63) is 29.8 Å². The van der Waals surface area contributed by atoms with Crippen LogP contribution in [0.25, 0.3) is 0 Å². The molecule has 0 radical (unpaired) electrons. The number of nitrogens with one attached hydrogen (secondary N) is 1. The van der Waals surface area contributed by atoms with E-state index in [0.29, 0.717) is 17.8 Å². The van der Waals surface area contributed by atoms with Gasteiger partial charge in [0.25, 0.3) is 0 Å². The standard InChI is InChI=1S/C17H26N2O2.ClH/c1-13(11-19-12-14-5-3-2-4-6-14)21-17(20)15-7-9-16(18)10-8-15;/h7-10,13-14,19H,2-6,11-12,18H2,1H3;1H. The molecule has 1 aliphatic carbocycles. The van der Waals surface area contributed by atoms with E-state index in [2.05, 4.69) is 5.32 Å². The third-order valence-electron chi connectivity index (χ3n) is 4.04. The Balaban J connectivity index is 0.00000242. The van der Waals surface area contributed by atoms with Crippen LogP contribution in [0.1, 0.15) is 49.4 Å². The number of nitrogen functional groups attached to an aromatic ring is 1. The molecule has 3 N–H and O–H groups in total. The van der Waals surface area contributed by atoms with Crippen LogP contribution in [-0.4, -0.2) is 25.2 Å². The van der Waals surface area contributed by atoms with Crippen LogP contribution >= 0.6 is 12.4 Å². The predicted octanol–water partition coefficient (Wildman–Crippen LogP) is 3.41. The lowest BCUT2D eigenvalue weighted by atomic mass is 9.89. The Labute approximate surface area is 139 Å². The molecule has 0 bridgehead atoms. The largest absolute Gasteiger partial charge is 0.458 e. The summed E-state index contributed by atoms with van der Waals surface area (Å²) in [6.07, 6.45) is 6.62. The number of hydrogen-bond acceptors (Lipinski definition) is 4. The average molecular weight is 327 g/mol. The molecule has 1 fully saturated rings. The molecule has 1 unspecified atom stereocenters. The first-order valence-corrected chi connectivity index (χ1v) is 7.92. The monoisotopic (exact) mass is 326 g/mol. The minimum absolute atomic E-state index is 0. The van der Waals surface area contributed by atoms with Crippen molar-refractivity contribution in [2.45, 2.75) is 45.1 Å². The average Bonchev–Trinajstić information content (AvgIpc) is 2.49. The van der Waals surface area contributed by atoms with Crippen LogP contribution in [0.5, 0.6) is 0 Å². The van der Waals surface area contributed by atoms with Crippen molar-refractivity contribution in [1.82, 2.24) is 5.32 Å². The molecule has 0 heterocycles. The van der Waals surface area contributed by atoms with Crippen LogP contribution in [0, 0.1) is 5.92 Å². The molecule has 124 valence electrons. The van der Waals surface area contributed by atoms with Gasteiger partial charge in [0.1, 0.15) is 6.10 Å². The van der Waals surface area contributed by atoms with Crippen LogP contribution in [0.15, 0.2) is 24.3 Å². The highest BCUT2D eigenvalue weighted by atomic mass is 35.5. The molecular weight excluding hydrogens is 300 g/mol. The molecule has 1 saturated carbocycles. The van der Waals surface area contributed by atoms with Gasteiger partial charge in [-0.3, -0.25) is 0 Å². The second kappa shape index (κ2) is 9.70. The highest BCUT2D eigenvalue weighted by Crippen LogP contribution is 2.22.